The van der Waals surface area contributed by atoms with Crippen molar-refractivity contribution >= 4 is 22.8 Å². The van der Waals surface area contributed by atoms with E-state index in [1.807, 2.05) is 27.7 Å². The number of benzene rings is 2. The van der Waals surface area contributed by atoms with E-state index in [2.05, 4.69) is 4.98 Å². The fraction of sp³-hybridized carbons (Fsp3) is 0.385. The number of hydrogen-bond donors (Lipinski definition) is 0. The van der Waals surface area contributed by atoms with Gasteiger partial charge in [0.25, 0.3) is 5.69 Å². The van der Waals surface area contributed by atoms with Crippen molar-refractivity contribution in [1.82, 2.24) is 4.98 Å². The molecule has 3 rings (SSSR count). The first-order valence-electron chi connectivity index (χ1n) is 11.8. The van der Waals surface area contributed by atoms with Crippen molar-refractivity contribution in [2.45, 2.75) is 41.2 Å². The fourth-order valence-electron chi connectivity index (χ4n) is 3.62. The number of carbonyl (C=O) groups is 2. The number of ketones is 1. The minimum Gasteiger partial charge on any atom is -0.618 e. The highest BCUT2D eigenvalue weighted by Gasteiger charge is 2.26. The second-order valence-electron chi connectivity index (χ2n) is 7.52. The fourth-order valence-corrected chi connectivity index (χ4v) is 3.62. The average molecular weight is 499 g/mol. The molecule has 0 aliphatic rings. The van der Waals surface area contributed by atoms with Gasteiger partial charge in [-0.25, -0.2) is 9.78 Å². The molecule has 0 bridgehead atoms. The topological polar surface area (TPSA) is 120 Å². The van der Waals surface area contributed by atoms with Crippen LogP contribution in [0, 0.1) is 5.21 Å². The molecule has 0 radical (unpaired) electrons. The first-order chi connectivity index (χ1) is 17.3. The quantitative estimate of drug-likeness (QED) is 0.158. The van der Waals surface area contributed by atoms with Gasteiger partial charge in [0.05, 0.1) is 38.1 Å². The van der Waals surface area contributed by atoms with Crippen LogP contribution in [-0.2, 0) is 11.3 Å². The molecular formula is C26H30N2O8. The first-order valence-corrected chi connectivity index (χ1v) is 11.8. The van der Waals surface area contributed by atoms with E-state index in [9.17, 15) is 14.8 Å². The molecule has 0 fully saturated rings. The van der Waals surface area contributed by atoms with Crippen LogP contribution in [0.5, 0.6) is 23.0 Å². The Balaban J connectivity index is 1.95. The Hall–Kier alpha value is -4.08. The van der Waals surface area contributed by atoms with Crippen LogP contribution in [-0.4, -0.2) is 43.2 Å². The molecule has 3 aromatic rings. The molecule has 0 saturated carbocycles. The van der Waals surface area contributed by atoms with Crippen LogP contribution in [0.1, 0.15) is 61.2 Å². The summed E-state index contributed by atoms with van der Waals surface area (Å²) in [6.45, 7) is 9.64. The van der Waals surface area contributed by atoms with Crippen LogP contribution in [0.25, 0.3) is 11.0 Å². The van der Waals surface area contributed by atoms with Gasteiger partial charge in [0, 0.05) is 6.92 Å². The lowest BCUT2D eigenvalue weighted by Crippen LogP contribution is -2.37. The highest BCUT2D eigenvalue weighted by Crippen LogP contribution is 2.39. The molecule has 0 saturated heterocycles. The van der Waals surface area contributed by atoms with Crippen molar-refractivity contribution in [3.05, 3.63) is 52.5 Å². The van der Waals surface area contributed by atoms with Gasteiger partial charge in [-0.05, 0) is 52.0 Å². The molecule has 1 heterocycles. The zero-order valence-corrected chi connectivity index (χ0v) is 21.1. The molecule has 0 atom stereocenters. The van der Waals surface area contributed by atoms with Crippen LogP contribution in [0.15, 0.2) is 30.3 Å². The number of hydrogen-bond acceptors (Lipinski definition) is 9. The van der Waals surface area contributed by atoms with Crippen LogP contribution in [0.2, 0.25) is 0 Å². The smallest absolute Gasteiger partial charge is 0.338 e. The third-order valence-electron chi connectivity index (χ3n) is 5.03. The molecule has 10 nitrogen and oxygen atoms in total. The van der Waals surface area contributed by atoms with E-state index >= 15 is 0 Å². The molecule has 2 aromatic carbocycles. The number of fused-ring (bicyclic) bond motifs is 1. The molecule has 0 aliphatic carbocycles. The summed E-state index contributed by atoms with van der Waals surface area (Å²) in [5.41, 5.74) is 0.509. The lowest BCUT2D eigenvalue weighted by molar-refractivity contribution is -0.580. The van der Waals surface area contributed by atoms with E-state index in [4.69, 9.17) is 23.7 Å². The Morgan fingerprint density at radius 1 is 0.889 bits per heavy atom. The average Bonchev–Trinajstić information content (AvgIpc) is 2.85. The molecule has 36 heavy (non-hydrogen) atoms. The summed E-state index contributed by atoms with van der Waals surface area (Å²) in [6.07, 6.45) is 0. The van der Waals surface area contributed by atoms with E-state index in [-0.39, 0.29) is 29.1 Å². The summed E-state index contributed by atoms with van der Waals surface area (Å²) < 4.78 is 28.3. The van der Waals surface area contributed by atoms with Crippen molar-refractivity contribution in [1.29, 1.82) is 0 Å². The maximum Gasteiger partial charge on any atom is 0.338 e. The zero-order chi connectivity index (χ0) is 26.2. The SMILES string of the molecule is CCOc1ccc2nc(COC(=O)c3cc(OCC)c(OCC)c(OCC)c3)c(C(C)=O)[n+]([O-])c2c1. The van der Waals surface area contributed by atoms with Crippen molar-refractivity contribution in [2.75, 3.05) is 26.4 Å². The maximum atomic E-state index is 13.0. The molecule has 0 unspecified atom stereocenters. The highest BCUT2D eigenvalue weighted by molar-refractivity contribution is 5.93. The molecule has 0 spiro atoms. The predicted octanol–water partition coefficient (Wildman–Crippen LogP) is 4.02. The number of carbonyl (C=O) groups excluding carboxylic acids is 2. The minimum atomic E-state index is -0.708. The first kappa shape index (κ1) is 26.5. The van der Waals surface area contributed by atoms with Gasteiger partial charge in [0.2, 0.25) is 17.0 Å². The Labute approximate surface area is 209 Å². The van der Waals surface area contributed by atoms with E-state index in [0.29, 0.717) is 59.7 Å². The third-order valence-corrected chi connectivity index (χ3v) is 5.03. The maximum absolute atomic E-state index is 13.0. The van der Waals surface area contributed by atoms with Crippen molar-refractivity contribution < 1.29 is 38.0 Å². The standard InChI is InChI=1S/C26H30N2O8/c1-6-32-18-10-11-19-21(14-18)28(31)24(16(5)29)20(27-19)15-36-26(30)17-12-22(33-7-2)25(35-9-4)23(13-17)34-8-3/h10-14H,6-9,15H2,1-5H3. The van der Waals surface area contributed by atoms with Crippen LogP contribution in [0.4, 0.5) is 0 Å². The lowest BCUT2D eigenvalue weighted by Gasteiger charge is -2.17. The third kappa shape index (κ3) is 5.76. The lowest BCUT2D eigenvalue weighted by atomic mass is 10.1. The van der Waals surface area contributed by atoms with Gasteiger partial charge in [0.1, 0.15) is 17.9 Å². The Morgan fingerprint density at radius 3 is 2.06 bits per heavy atom. The minimum absolute atomic E-state index is 0.0449. The Bertz CT molecular complexity index is 1230. The van der Waals surface area contributed by atoms with E-state index in [1.165, 1.54) is 25.1 Å². The zero-order valence-electron chi connectivity index (χ0n) is 21.1. The molecule has 0 N–H and O–H groups in total. The summed E-state index contributed by atoms with van der Waals surface area (Å²) >= 11 is 0. The summed E-state index contributed by atoms with van der Waals surface area (Å²) in [4.78, 5) is 29.7. The van der Waals surface area contributed by atoms with Gasteiger partial charge in [0.15, 0.2) is 17.2 Å². The summed E-state index contributed by atoms with van der Waals surface area (Å²) in [5, 5.41) is 13.0. The van der Waals surface area contributed by atoms with Gasteiger partial charge in [-0.2, -0.15) is 4.73 Å². The van der Waals surface area contributed by atoms with Gasteiger partial charge in [-0.3, -0.25) is 4.79 Å². The molecule has 0 amide bonds. The van der Waals surface area contributed by atoms with E-state index < -0.39 is 11.8 Å². The van der Waals surface area contributed by atoms with E-state index in [1.54, 1.807) is 12.1 Å². The molecular weight excluding hydrogens is 468 g/mol. The van der Waals surface area contributed by atoms with Crippen molar-refractivity contribution in [3.8, 4) is 23.0 Å². The summed E-state index contributed by atoms with van der Waals surface area (Å²) in [5.74, 6) is 0.342. The highest BCUT2D eigenvalue weighted by atomic mass is 16.5. The van der Waals surface area contributed by atoms with Gasteiger partial charge in [-0.15, -0.1) is 0 Å². The number of Topliss-reactive ketones (excluding diaryl/α,β-unsaturated/α-hetero) is 1. The van der Waals surface area contributed by atoms with Crippen molar-refractivity contribution in [2.24, 2.45) is 0 Å². The molecule has 0 aliphatic heterocycles. The summed E-state index contributed by atoms with van der Waals surface area (Å²) in [6, 6.07) is 7.81. The monoisotopic (exact) mass is 498 g/mol. The molecule has 10 heteroatoms. The second kappa shape index (κ2) is 12.1. The number of aromatic nitrogens is 2. The number of ether oxygens (including phenoxy) is 5. The Kier molecular flexibility index (Phi) is 8.88. The Morgan fingerprint density at radius 2 is 1.50 bits per heavy atom. The number of nitrogens with zero attached hydrogens (tertiary/aromatic N) is 2. The van der Waals surface area contributed by atoms with Gasteiger partial charge < -0.3 is 28.9 Å². The second-order valence-corrected chi connectivity index (χ2v) is 7.52. The van der Waals surface area contributed by atoms with Crippen LogP contribution < -0.4 is 23.7 Å². The van der Waals surface area contributed by atoms with Gasteiger partial charge >= 0.3 is 5.97 Å². The normalized spacial score (nSPS) is 10.7. The predicted molar refractivity (Wildman–Crippen MR) is 131 cm³/mol. The molecule has 192 valence electrons. The van der Waals surface area contributed by atoms with Gasteiger partial charge in [-0.1, -0.05) is 0 Å². The van der Waals surface area contributed by atoms with Crippen molar-refractivity contribution in [3.63, 3.8) is 0 Å². The van der Waals surface area contributed by atoms with Crippen LogP contribution in [0.3, 0.4) is 0 Å². The largest absolute Gasteiger partial charge is 0.618 e. The van der Waals surface area contributed by atoms with E-state index in [0.717, 1.165) is 0 Å². The molecule has 1 aromatic heterocycles. The summed E-state index contributed by atoms with van der Waals surface area (Å²) in [7, 11) is 0. The number of esters is 1. The number of rotatable bonds is 12. The van der Waals surface area contributed by atoms with Crippen LogP contribution >= 0.6 is 0 Å².